The van der Waals surface area contributed by atoms with Crippen molar-refractivity contribution in [3.8, 4) is 0 Å². The van der Waals surface area contributed by atoms with E-state index in [2.05, 4.69) is 5.32 Å². The van der Waals surface area contributed by atoms with Crippen LogP contribution >= 0.6 is 0 Å². The van der Waals surface area contributed by atoms with Crippen molar-refractivity contribution in [1.29, 1.82) is 0 Å². The fraction of sp³-hybridized carbons (Fsp3) is 0.786. The summed E-state index contributed by atoms with van der Waals surface area (Å²) >= 11 is 0. The number of carboxylic acid groups (broad SMARTS) is 1. The molecule has 2 N–H and O–H groups in total. The van der Waals surface area contributed by atoms with Crippen LogP contribution in [0.3, 0.4) is 0 Å². The summed E-state index contributed by atoms with van der Waals surface area (Å²) in [5.41, 5.74) is -0.0915. The molecule has 0 heterocycles. The van der Waals surface area contributed by atoms with Gasteiger partial charge in [0, 0.05) is 25.9 Å². The van der Waals surface area contributed by atoms with Crippen LogP contribution < -0.4 is 5.32 Å². The first-order valence-electron chi connectivity index (χ1n) is 6.73. The van der Waals surface area contributed by atoms with E-state index in [1.165, 1.54) is 4.90 Å². The summed E-state index contributed by atoms with van der Waals surface area (Å²) in [4.78, 5) is 35.6. The average Bonchev–Trinajstić information content (AvgIpc) is 2.23. The zero-order valence-corrected chi connectivity index (χ0v) is 13.2. The first-order valence-corrected chi connectivity index (χ1v) is 6.73. The SMILES string of the molecule is CC(CC(=O)O)CC(=O)NC(=O)N(C)C(C)C(C)(C)C. The lowest BCUT2D eigenvalue weighted by molar-refractivity contribution is -0.138. The number of amides is 3. The minimum absolute atomic E-state index is 0.0236. The van der Waals surface area contributed by atoms with Crippen LogP contribution in [0.2, 0.25) is 0 Å². The third kappa shape index (κ3) is 6.54. The molecule has 0 bridgehead atoms. The summed E-state index contributed by atoms with van der Waals surface area (Å²) in [6, 6.07) is -0.494. The van der Waals surface area contributed by atoms with Crippen molar-refractivity contribution in [2.45, 2.75) is 53.5 Å². The van der Waals surface area contributed by atoms with Gasteiger partial charge in [0.15, 0.2) is 0 Å². The number of carboxylic acids is 1. The number of hydrogen-bond donors (Lipinski definition) is 2. The Balaban J connectivity index is 4.39. The highest BCUT2D eigenvalue weighted by Crippen LogP contribution is 2.22. The molecule has 0 spiro atoms. The molecule has 6 nitrogen and oxygen atoms in total. The topological polar surface area (TPSA) is 86.7 Å². The molecule has 0 aromatic carbocycles. The number of aliphatic carboxylic acids is 1. The van der Waals surface area contributed by atoms with Crippen molar-refractivity contribution in [2.24, 2.45) is 11.3 Å². The van der Waals surface area contributed by atoms with Gasteiger partial charge in [-0.25, -0.2) is 4.79 Å². The third-order valence-corrected chi connectivity index (χ3v) is 3.46. The molecule has 20 heavy (non-hydrogen) atoms. The maximum absolute atomic E-state index is 11.9. The minimum atomic E-state index is -0.949. The summed E-state index contributed by atoms with van der Waals surface area (Å²) in [7, 11) is 1.64. The van der Waals surface area contributed by atoms with Crippen LogP contribution in [-0.2, 0) is 9.59 Å². The number of imide groups is 1. The maximum Gasteiger partial charge on any atom is 0.324 e. The van der Waals surface area contributed by atoms with Gasteiger partial charge in [0.05, 0.1) is 0 Å². The second-order valence-electron chi connectivity index (χ2n) is 6.41. The number of urea groups is 1. The van der Waals surface area contributed by atoms with Gasteiger partial charge in [-0.3, -0.25) is 14.9 Å². The molecule has 0 saturated carbocycles. The second-order valence-corrected chi connectivity index (χ2v) is 6.41. The highest BCUT2D eigenvalue weighted by Gasteiger charge is 2.27. The van der Waals surface area contributed by atoms with Crippen molar-refractivity contribution in [3.05, 3.63) is 0 Å². The Morgan fingerprint density at radius 2 is 1.65 bits per heavy atom. The molecule has 0 aliphatic carbocycles. The van der Waals surface area contributed by atoms with Crippen LogP contribution in [-0.4, -0.2) is 41.0 Å². The first-order chi connectivity index (χ1) is 8.95. The Morgan fingerprint density at radius 3 is 2.05 bits per heavy atom. The normalized spacial score (nSPS) is 14.3. The molecule has 2 atom stereocenters. The smallest absolute Gasteiger partial charge is 0.324 e. The number of nitrogens with zero attached hydrogens (tertiary/aromatic N) is 1. The maximum atomic E-state index is 11.9. The summed E-state index contributed by atoms with van der Waals surface area (Å²) in [6.07, 6.45) is -0.0639. The number of rotatable bonds is 5. The lowest BCUT2D eigenvalue weighted by Gasteiger charge is -2.35. The van der Waals surface area contributed by atoms with Gasteiger partial charge in [0.25, 0.3) is 0 Å². The van der Waals surface area contributed by atoms with Crippen LogP contribution in [0, 0.1) is 11.3 Å². The Bertz CT molecular complexity index is 374. The van der Waals surface area contributed by atoms with Crippen LogP contribution in [0.15, 0.2) is 0 Å². The van der Waals surface area contributed by atoms with Crippen molar-refractivity contribution < 1.29 is 19.5 Å². The number of carbonyl (C=O) groups excluding carboxylic acids is 2. The van der Waals surface area contributed by atoms with E-state index < -0.39 is 17.9 Å². The Labute approximate surface area is 120 Å². The van der Waals surface area contributed by atoms with Crippen molar-refractivity contribution >= 4 is 17.9 Å². The molecular formula is C14H26N2O4. The van der Waals surface area contributed by atoms with E-state index in [4.69, 9.17) is 5.11 Å². The second kappa shape index (κ2) is 7.26. The van der Waals surface area contributed by atoms with Crippen molar-refractivity contribution in [2.75, 3.05) is 7.05 Å². The quantitative estimate of drug-likeness (QED) is 0.810. The molecule has 0 fully saturated rings. The molecule has 6 heteroatoms. The number of carbonyl (C=O) groups is 3. The third-order valence-electron chi connectivity index (χ3n) is 3.46. The van der Waals surface area contributed by atoms with E-state index >= 15 is 0 Å². The van der Waals surface area contributed by atoms with Gasteiger partial charge in [-0.15, -0.1) is 0 Å². The fourth-order valence-electron chi connectivity index (χ4n) is 1.70. The van der Waals surface area contributed by atoms with Gasteiger partial charge >= 0.3 is 12.0 Å². The molecule has 0 aromatic rings. The first kappa shape index (κ1) is 18.4. The van der Waals surface area contributed by atoms with E-state index in [1.54, 1.807) is 14.0 Å². The number of hydrogen-bond acceptors (Lipinski definition) is 3. The highest BCUT2D eigenvalue weighted by molar-refractivity contribution is 5.94. The molecule has 116 valence electrons. The van der Waals surface area contributed by atoms with Gasteiger partial charge in [-0.05, 0) is 18.3 Å². The summed E-state index contributed by atoms with van der Waals surface area (Å²) in [5.74, 6) is -1.70. The predicted octanol–water partition coefficient (Wildman–Crippen LogP) is 2.09. The van der Waals surface area contributed by atoms with E-state index in [9.17, 15) is 14.4 Å². The highest BCUT2D eigenvalue weighted by atomic mass is 16.4. The molecular weight excluding hydrogens is 260 g/mol. The van der Waals surface area contributed by atoms with Crippen LogP contribution in [0.1, 0.15) is 47.5 Å². The Hall–Kier alpha value is -1.59. The van der Waals surface area contributed by atoms with Crippen LogP contribution in [0.4, 0.5) is 4.79 Å². The molecule has 0 radical (unpaired) electrons. The van der Waals surface area contributed by atoms with Crippen LogP contribution in [0.5, 0.6) is 0 Å². The fourth-order valence-corrected chi connectivity index (χ4v) is 1.70. The molecule has 2 unspecified atom stereocenters. The molecule has 3 amide bonds. The largest absolute Gasteiger partial charge is 0.481 e. The van der Waals surface area contributed by atoms with Crippen LogP contribution in [0.25, 0.3) is 0 Å². The summed E-state index contributed by atoms with van der Waals surface area (Å²) < 4.78 is 0. The molecule has 0 saturated heterocycles. The number of nitrogens with one attached hydrogen (secondary N) is 1. The van der Waals surface area contributed by atoms with Gasteiger partial charge in [-0.2, -0.15) is 0 Å². The lowest BCUT2D eigenvalue weighted by Crippen LogP contribution is -2.49. The molecule has 0 aromatic heterocycles. The van der Waals surface area contributed by atoms with E-state index in [-0.39, 0.29) is 30.2 Å². The standard InChI is InChI=1S/C14H26N2O4/c1-9(8-12(18)19)7-11(17)15-13(20)16(6)10(2)14(3,4)5/h9-10H,7-8H2,1-6H3,(H,18,19)(H,15,17,20). The summed E-state index contributed by atoms with van der Waals surface area (Å²) in [5, 5.41) is 10.9. The monoisotopic (exact) mass is 286 g/mol. The zero-order valence-electron chi connectivity index (χ0n) is 13.2. The Morgan fingerprint density at radius 1 is 1.15 bits per heavy atom. The molecule has 0 aliphatic rings. The lowest BCUT2D eigenvalue weighted by atomic mass is 9.87. The van der Waals surface area contributed by atoms with E-state index in [0.717, 1.165) is 0 Å². The minimum Gasteiger partial charge on any atom is -0.481 e. The molecule has 0 rings (SSSR count). The summed E-state index contributed by atoms with van der Waals surface area (Å²) in [6.45, 7) is 9.62. The average molecular weight is 286 g/mol. The predicted molar refractivity (Wildman–Crippen MR) is 76.3 cm³/mol. The van der Waals surface area contributed by atoms with Crippen molar-refractivity contribution in [3.63, 3.8) is 0 Å². The molecule has 0 aliphatic heterocycles. The van der Waals surface area contributed by atoms with E-state index in [1.807, 2.05) is 27.7 Å². The zero-order chi connectivity index (χ0) is 16.1. The van der Waals surface area contributed by atoms with Gasteiger partial charge in [-0.1, -0.05) is 27.7 Å². The van der Waals surface area contributed by atoms with Gasteiger partial charge < -0.3 is 10.0 Å². The van der Waals surface area contributed by atoms with Gasteiger partial charge in [0.2, 0.25) is 5.91 Å². The van der Waals surface area contributed by atoms with Crippen molar-refractivity contribution in [1.82, 2.24) is 10.2 Å². The van der Waals surface area contributed by atoms with E-state index in [0.29, 0.717) is 0 Å². The Kier molecular flexibility index (Phi) is 6.68. The van der Waals surface area contributed by atoms with Gasteiger partial charge in [0.1, 0.15) is 0 Å².